The van der Waals surface area contributed by atoms with Crippen LogP contribution in [0.15, 0.2) is 24.0 Å². The Labute approximate surface area is 54.0 Å². The predicted molar refractivity (Wildman–Crippen MR) is 35.1 cm³/mol. The highest BCUT2D eigenvalue weighted by molar-refractivity contribution is 5.17. The molecule has 0 unspecified atom stereocenters. The lowest BCUT2D eigenvalue weighted by Crippen LogP contribution is -2.30. The molecule has 0 amide bonds. The molecular formula is C6H9N3. The Morgan fingerprint density at radius 1 is 1.56 bits per heavy atom. The van der Waals surface area contributed by atoms with E-state index in [0.29, 0.717) is 0 Å². The Kier molecular flexibility index (Phi) is 0.960. The minimum absolute atomic E-state index is 0.855. The fourth-order valence-electron chi connectivity index (χ4n) is 1.04. The Morgan fingerprint density at radius 2 is 2.56 bits per heavy atom. The molecule has 1 fully saturated rings. The first-order chi connectivity index (χ1) is 4.47. The van der Waals surface area contributed by atoms with Crippen LogP contribution in [-0.2, 0) is 0 Å². The van der Waals surface area contributed by atoms with Crippen LogP contribution in [0.25, 0.3) is 0 Å². The normalized spacial score (nSPS) is 23.1. The second-order valence-corrected chi connectivity index (χ2v) is 2.10. The van der Waals surface area contributed by atoms with Crippen molar-refractivity contribution in [2.75, 3.05) is 13.2 Å². The molecule has 0 radical (unpaired) electrons. The van der Waals surface area contributed by atoms with Gasteiger partial charge in [-0.15, -0.1) is 0 Å². The van der Waals surface area contributed by atoms with Crippen LogP contribution < -0.4 is 10.7 Å². The molecule has 3 heteroatoms. The van der Waals surface area contributed by atoms with E-state index in [-0.39, 0.29) is 0 Å². The van der Waals surface area contributed by atoms with Gasteiger partial charge in [0, 0.05) is 0 Å². The number of allylic oxidation sites excluding steroid dienone is 2. The molecule has 0 saturated carbocycles. The van der Waals surface area contributed by atoms with E-state index >= 15 is 0 Å². The Balaban J connectivity index is 2.23. The lowest BCUT2D eigenvalue weighted by atomic mass is 10.4. The average Bonchev–Trinajstić information content (AvgIpc) is 2.33. The maximum atomic E-state index is 3.18. The number of hydrazine groups is 1. The third-order valence-electron chi connectivity index (χ3n) is 1.51. The van der Waals surface area contributed by atoms with Crippen LogP contribution in [0, 0.1) is 0 Å². The van der Waals surface area contributed by atoms with Gasteiger partial charge in [0.15, 0.2) is 0 Å². The highest BCUT2D eigenvalue weighted by Crippen LogP contribution is 2.06. The molecule has 2 rings (SSSR count). The molecule has 1 saturated heterocycles. The predicted octanol–water partition coefficient (Wildman–Crippen LogP) is -0.235. The fourth-order valence-corrected chi connectivity index (χ4v) is 1.04. The molecule has 2 aliphatic rings. The van der Waals surface area contributed by atoms with Crippen LogP contribution in [0.2, 0.25) is 0 Å². The van der Waals surface area contributed by atoms with Crippen molar-refractivity contribution < 1.29 is 0 Å². The van der Waals surface area contributed by atoms with Crippen molar-refractivity contribution in [2.45, 2.75) is 0 Å². The lowest BCUT2D eigenvalue weighted by molar-refractivity contribution is 0.326. The van der Waals surface area contributed by atoms with Crippen LogP contribution in [0.3, 0.4) is 0 Å². The third kappa shape index (κ3) is 0.695. The second kappa shape index (κ2) is 1.77. The van der Waals surface area contributed by atoms with Crippen molar-refractivity contribution in [2.24, 2.45) is 0 Å². The molecule has 2 aliphatic heterocycles. The van der Waals surface area contributed by atoms with Gasteiger partial charge in [-0.1, -0.05) is 12.2 Å². The molecule has 0 spiro atoms. The Hall–Kier alpha value is -0.960. The summed E-state index contributed by atoms with van der Waals surface area (Å²) in [5.74, 6) is 1.18. The van der Waals surface area contributed by atoms with Crippen molar-refractivity contribution in [1.29, 1.82) is 0 Å². The van der Waals surface area contributed by atoms with Crippen LogP contribution >= 0.6 is 0 Å². The largest absolute Gasteiger partial charge is 0.357 e. The maximum absolute atomic E-state index is 3.18. The third-order valence-corrected chi connectivity index (χ3v) is 1.51. The van der Waals surface area contributed by atoms with Crippen molar-refractivity contribution in [3.05, 3.63) is 24.0 Å². The number of rotatable bonds is 0. The van der Waals surface area contributed by atoms with E-state index < -0.39 is 0 Å². The Morgan fingerprint density at radius 3 is 3.44 bits per heavy atom. The summed E-state index contributed by atoms with van der Waals surface area (Å²) in [6, 6.07) is 0. The van der Waals surface area contributed by atoms with Gasteiger partial charge in [-0.05, 0) is 6.08 Å². The van der Waals surface area contributed by atoms with Gasteiger partial charge in [0.1, 0.15) is 5.82 Å². The minimum atomic E-state index is 0.855. The minimum Gasteiger partial charge on any atom is -0.357 e. The van der Waals surface area contributed by atoms with E-state index in [1.54, 1.807) is 0 Å². The van der Waals surface area contributed by atoms with Gasteiger partial charge in [0.05, 0.1) is 13.2 Å². The fraction of sp³-hybridized carbons (Fsp3) is 0.333. The Bertz CT molecular complexity index is 171. The van der Waals surface area contributed by atoms with E-state index in [4.69, 9.17) is 0 Å². The van der Waals surface area contributed by atoms with E-state index in [0.717, 1.165) is 13.2 Å². The molecule has 0 aromatic carbocycles. The van der Waals surface area contributed by atoms with Crippen molar-refractivity contribution in [3.63, 3.8) is 0 Å². The first-order valence-electron chi connectivity index (χ1n) is 3.08. The highest BCUT2D eigenvalue weighted by Gasteiger charge is 2.14. The smallest absolute Gasteiger partial charge is 0.117 e. The van der Waals surface area contributed by atoms with Gasteiger partial charge in [-0.3, -0.25) is 5.01 Å². The molecule has 0 aromatic rings. The van der Waals surface area contributed by atoms with Gasteiger partial charge in [-0.2, -0.15) is 0 Å². The number of fused-ring (bicyclic) bond motifs is 1. The molecule has 0 bridgehead atoms. The van der Waals surface area contributed by atoms with E-state index in [2.05, 4.69) is 34.0 Å². The monoisotopic (exact) mass is 123 g/mol. The topological polar surface area (TPSA) is 27.3 Å². The summed E-state index contributed by atoms with van der Waals surface area (Å²) < 4.78 is 0. The van der Waals surface area contributed by atoms with Gasteiger partial charge in [-0.25, -0.2) is 5.43 Å². The number of hydrogen-bond acceptors (Lipinski definition) is 3. The number of nitrogens with one attached hydrogen (secondary N) is 2. The van der Waals surface area contributed by atoms with Gasteiger partial charge in [0.25, 0.3) is 0 Å². The molecule has 2 heterocycles. The van der Waals surface area contributed by atoms with Crippen molar-refractivity contribution in [3.8, 4) is 0 Å². The van der Waals surface area contributed by atoms with Crippen LogP contribution in [0.4, 0.5) is 0 Å². The van der Waals surface area contributed by atoms with Crippen LogP contribution in [0.1, 0.15) is 0 Å². The van der Waals surface area contributed by atoms with E-state index in [1.165, 1.54) is 5.82 Å². The maximum Gasteiger partial charge on any atom is 0.117 e. The summed E-state index contributed by atoms with van der Waals surface area (Å²) >= 11 is 0. The molecule has 0 aromatic heterocycles. The summed E-state index contributed by atoms with van der Waals surface area (Å²) in [6.07, 6.45) is 6.23. The standard InChI is InChI=1S/C6H9N3/c1-2-4-9-6(3-1)7-5-8-9/h1-3,7-8H,4-5H2. The molecule has 0 aliphatic carbocycles. The molecule has 0 atom stereocenters. The first kappa shape index (κ1) is 4.88. The molecule has 9 heavy (non-hydrogen) atoms. The molecule has 2 N–H and O–H groups in total. The lowest BCUT2D eigenvalue weighted by Gasteiger charge is -2.17. The SMILES string of the molecule is C1=CCN2NCNC2=C1. The van der Waals surface area contributed by atoms with Crippen molar-refractivity contribution >= 4 is 0 Å². The van der Waals surface area contributed by atoms with Gasteiger partial charge in [0.2, 0.25) is 0 Å². The highest BCUT2D eigenvalue weighted by atomic mass is 15.6. The van der Waals surface area contributed by atoms with Gasteiger partial charge < -0.3 is 5.32 Å². The van der Waals surface area contributed by atoms with E-state index in [1.807, 2.05) is 0 Å². The van der Waals surface area contributed by atoms with Crippen LogP contribution in [0.5, 0.6) is 0 Å². The van der Waals surface area contributed by atoms with Crippen LogP contribution in [-0.4, -0.2) is 18.2 Å². The second-order valence-electron chi connectivity index (χ2n) is 2.10. The molecule has 3 nitrogen and oxygen atoms in total. The summed E-state index contributed by atoms with van der Waals surface area (Å²) in [5.41, 5.74) is 3.16. The average molecular weight is 123 g/mol. The summed E-state index contributed by atoms with van der Waals surface area (Å²) in [7, 11) is 0. The summed E-state index contributed by atoms with van der Waals surface area (Å²) in [5, 5.41) is 5.27. The molecular weight excluding hydrogens is 114 g/mol. The quantitative estimate of drug-likeness (QED) is 0.465. The number of hydrogen-bond donors (Lipinski definition) is 2. The van der Waals surface area contributed by atoms with Crippen molar-refractivity contribution in [1.82, 2.24) is 15.8 Å². The summed E-state index contributed by atoms with van der Waals surface area (Å²) in [4.78, 5) is 0. The summed E-state index contributed by atoms with van der Waals surface area (Å²) in [6.45, 7) is 1.83. The zero-order valence-corrected chi connectivity index (χ0v) is 5.09. The number of nitrogens with zero attached hydrogens (tertiary/aromatic N) is 1. The molecule has 48 valence electrons. The van der Waals surface area contributed by atoms with E-state index in [9.17, 15) is 0 Å². The zero-order valence-electron chi connectivity index (χ0n) is 5.09. The first-order valence-corrected chi connectivity index (χ1v) is 3.08. The van der Waals surface area contributed by atoms with Gasteiger partial charge >= 0.3 is 0 Å². The zero-order chi connectivity index (χ0) is 6.10.